The number of aromatic nitrogens is 2. The van der Waals surface area contributed by atoms with Gasteiger partial charge >= 0.3 is 0 Å². The van der Waals surface area contributed by atoms with Crippen LogP contribution >= 0.6 is 0 Å². The zero-order chi connectivity index (χ0) is 15.0. The molecule has 20 heavy (non-hydrogen) atoms. The Labute approximate surface area is 119 Å². The molecule has 0 radical (unpaired) electrons. The Morgan fingerprint density at radius 2 is 1.95 bits per heavy atom. The summed E-state index contributed by atoms with van der Waals surface area (Å²) in [6.07, 6.45) is 0.163. The summed E-state index contributed by atoms with van der Waals surface area (Å²) in [5.41, 5.74) is 5.07. The van der Waals surface area contributed by atoms with Crippen molar-refractivity contribution in [2.75, 3.05) is 0 Å². The number of aliphatic hydroxyl groups excluding tert-OH is 1. The molecule has 0 aliphatic rings. The first kappa shape index (κ1) is 14.7. The minimum absolute atomic E-state index is 0.304. The van der Waals surface area contributed by atoms with Gasteiger partial charge in [0.25, 0.3) is 0 Å². The average molecular weight is 276 g/mol. The first-order valence-electron chi connectivity index (χ1n) is 6.90. The van der Waals surface area contributed by atoms with Gasteiger partial charge in [0.15, 0.2) is 0 Å². The van der Waals surface area contributed by atoms with Gasteiger partial charge in [-0.1, -0.05) is 6.92 Å². The smallest absolute Gasteiger partial charge is 0.126 e. The molecule has 2 rings (SSSR count). The van der Waals surface area contributed by atoms with Crippen LogP contribution < -0.4 is 0 Å². The topological polar surface area (TPSA) is 38.0 Å². The van der Waals surface area contributed by atoms with Crippen LogP contribution in [0.4, 0.5) is 4.39 Å². The number of hydrogen-bond acceptors (Lipinski definition) is 2. The Balaban J connectivity index is 2.72. The molecule has 2 aromatic rings. The number of benzene rings is 1. The van der Waals surface area contributed by atoms with Crippen molar-refractivity contribution in [3.8, 4) is 5.69 Å². The zero-order valence-electron chi connectivity index (χ0n) is 12.7. The van der Waals surface area contributed by atoms with Gasteiger partial charge in [-0.15, -0.1) is 0 Å². The van der Waals surface area contributed by atoms with Gasteiger partial charge < -0.3 is 5.11 Å². The third kappa shape index (κ3) is 2.36. The highest BCUT2D eigenvalue weighted by Gasteiger charge is 2.18. The monoisotopic (exact) mass is 276 g/mol. The SMILES string of the molecule is CCc1c(C)nn(-c2cc(C)c(F)cc2[C@H](C)O)c1C. The molecule has 1 atom stereocenters. The quantitative estimate of drug-likeness (QED) is 0.931. The minimum atomic E-state index is -0.742. The molecule has 1 heterocycles. The normalized spacial score (nSPS) is 12.8. The third-order valence-electron chi connectivity index (χ3n) is 3.78. The first-order chi connectivity index (χ1) is 9.36. The van der Waals surface area contributed by atoms with E-state index in [4.69, 9.17) is 0 Å². The van der Waals surface area contributed by atoms with Gasteiger partial charge in [0.1, 0.15) is 5.82 Å². The number of hydrogen-bond donors (Lipinski definition) is 1. The summed E-state index contributed by atoms with van der Waals surface area (Å²) in [7, 11) is 0. The Morgan fingerprint density at radius 1 is 1.30 bits per heavy atom. The van der Waals surface area contributed by atoms with E-state index in [-0.39, 0.29) is 5.82 Å². The van der Waals surface area contributed by atoms with Crippen LogP contribution in [0, 0.1) is 26.6 Å². The fraction of sp³-hybridized carbons (Fsp3) is 0.438. The fourth-order valence-electron chi connectivity index (χ4n) is 2.62. The Morgan fingerprint density at radius 3 is 2.45 bits per heavy atom. The number of halogens is 1. The Hall–Kier alpha value is -1.68. The van der Waals surface area contributed by atoms with E-state index in [2.05, 4.69) is 12.0 Å². The van der Waals surface area contributed by atoms with Crippen molar-refractivity contribution in [1.82, 2.24) is 9.78 Å². The van der Waals surface area contributed by atoms with Crippen LogP contribution in [0.2, 0.25) is 0 Å². The number of aliphatic hydroxyl groups is 1. The van der Waals surface area contributed by atoms with Crippen LogP contribution in [-0.4, -0.2) is 14.9 Å². The van der Waals surface area contributed by atoms with Gasteiger partial charge in [0.2, 0.25) is 0 Å². The largest absolute Gasteiger partial charge is 0.389 e. The van der Waals surface area contributed by atoms with Gasteiger partial charge in [-0.05, 0) is 57.4 Å². The number of rotatable bonds is 3. The summed E-state index contributed by atoms with van der Waals surface area (Å²) in [5.74, 6) is -0.304. The third-order valence-corrected chi connectivity index (χ3v) is 3.78. The summed E-state index contributed by atoms with van der Waals surface area (Å²) in [5, 5.41) is 14.4. The van der Waals surface area contributed by atoms with Crippen molar-refractivity contribution in [2.45, 2.75) is 47.1 Å². The van der Waals surface area contributed by atoms with E-state index in [0.29, 0.717) is 11.1 Å². The van der Waals surface area contributed by atoms with Crippen molar-refractivity contribution in [3.63, 3.8) is 0 Å². The van der Waals surface area contributed by atoms with E-state index in [0.717, 1.165) is 23.5 Å². The minimum Gasteiger partial charge on any atom is -0.389 e. The number of aryl methyl sites for hydroxylation is 2. The van der Waals surface area contributed by atoms with Crippen LogP contribution in [0.1, 0.15) is 48.0 Å². The summed E-state index contributed by atoms with van der Waals surface area (Å²) in [6, 6.07) is 3.15. The molecule has 0 fully saturated rings. The molecule has 1 N–H and O–H groups in total. The van der Waals surface area contributed by atoms with Gasteiger partial charge in [-0.25, -0.2) is 9.07 Å². The molecule has 0 bridgehead atoms. The summed E-state index contributed by atoms with van der Waals surface area (Å²) >= 11 is 0. The van der Waals surface area contributed by atoms with Crippen molar-refractivity contribution in [3.05, 3.63) is 46.0 Å². The van der Waals surface area contributed by atoms with E-state index in [1.54, 1.807) is 19.9 Å². The van der Waals surface area contributed by atoms with E-state index in [1.165, 1.54) is 11.6 Å². The van der Waals surface area contributed by atoms with E-state index in [9.17, 15) is 9.50 Å². The maximum Gasteiger partial charge on any atom is 0.126 e. The van der Waals surface area contributed by atoms with Crippen LogP contribution in [-0.2, 0) is 6.42 Å². The lowest BCUT2D eigenvalue weighted by Gasteiger charge is -2.15. The molecule has 108 valence electrons. The van der Waals surface area contributed by atoms with Gasteiger partial charge in [0.05, 0.1) is 17.5 Å². The molecule has 0 aliphatic carbocycles. The maximum absolute atomic E-state index is 13.7. The molecule has 0 saturated carbocycles. The van der Waals surface area contributed by atoms with Crippen molar-refractivity contribution < 1.29 is 9.50 Å². The lowest BCUT2D eigenvalue weighted by Crippen LogP contribution is -2.07. The second-order valence-corrected chi connectivity index (χ2v) is 5.25. The summed E-state index contributed by atoms with van der Waals surface area (Å²) in [4.78, 5) is 0. The van der Waals surface area contributed by atoms with E-state index < -0.39 is 6.10 Å². The van der Waals surface area contributed by atoms with E-state index >= 15 is 0 Å². The van der Waals surface area contributed by atoms with Gasteiger partial charge in [-0.3, -0.25) is 0 Å². The molecule has 1 aromatic carbocycles. The Kier molecular flexibility index (Phi) is 3.95. The molecule has 0 aliphatic heterocycles. The molecule has 0 spiro atoms. The lowest BCUT2D eigenvalue weighted by atomic mass is 10.0. The summed E-state index contributed by atoms with van der Waals surface area (Å²) in [6.45, 7) is 9.42. The molecular formula is C16H21FN2O. The predicted octanol–water partition coefficient (Wildman–Crippen LogP) is 3.55. The highest BCUT2D eigenvalue weighted by atomic mass is 19.1. The second-order valence-electron chi connectivity index (χ2n) is 5.25. The van der Waals surface area contributed by atoms with Crippen molar-refractivity contribution in [1.29, 1.82) is 0 Å². The van der Waals surface area contributed by atoms with Crippen molar-refractivity contribution >= 4 is 0 Å². The molecule has 0 saturated heterocycles. The summed E-state index contributed by atoms with van der Waals surface area (Å²) < 4.78 is 15.6. The lowest BCUT2D eigenvalue weighted by molar-refractivity contribution is 0.198. The highest BCUT2D eigenvalue weighted by Crippen LogP contribution is 2.27. The maximum atomic E-state index is 13.7. The number of nitrogens with zero attached hydrogens (tertiary/aromatic N) is 2. The molecule has 1 aromatic heterocycles. The molecular weight excluding hydrogens is 255 g/mol. The highest BCUT2D eigenvalue weighted by molar-refractivity contribution is 5.47. The first-order valence-corrected chi connectivity index (χ1v) is 6.90. The van der Waals surface area contributed by atoms with Crippen LogP contribution in [0.3, 0.4) is 0 Å². The Bertz CT molecular complexity index is 644. The van der Waals surface area contributed by atoms with Gasteiger partial charge in [-0.2, -0.15) is 5.10 Å². The van der Waals surface area contributed by atoms with Crippen LogP contribution in [0.15, 0.2) is 12.1 Å². The van der Waals surface area contributed by atoms with Gasteiger partial charge in [0, 0.05) is 11.3 Å². The molecule has 3 nitrogen and oxygen atoms in total. The standard InChI is InChI=1S/C16H21FN2O/c1-6-13-10(3)18-19(11(13)4)16-7-9(2)15(17)8-14(16)12(5)20/h7-8,12,20H,6H2,1-5H3/t12-/m0/s1. The van der Waals surface area contributed by atoms with Crippen LogP contribution in [0.5, 0.6) is 0 Å². The fourth-order valence-corrected chi connectivity index (χ4v) is 2.62. The molecule has 0 unspecified atom stereocenters. The van der Waals surface area contributed by atoms with Crippen LogP contribution in [0.25, 0.3) is 5.69 Å². The zero-order valence-corrected chi connectivity index (χ0v) is 12.7. The molecule has 0 amide bonds. The average Bonchev–Trinajstić information content (AvgIpc) is 2.66. The second kappa shape index (κ2) is 5.37. The predicted molar refractivity (Wildman–Crippen MR) is 77.7 cm³/mol. The molecule has 4 heteroatoms. The van der Waals surface area contributed by atoms with Crippen molar-refractivity contribution in [2.24, 2.45) is 0 Å². The van der Waals surface area contributed by atoms with E-state index in [1.807, 2.05) is 18.5 Å².